The molecule has 172 valence electrons. The summed E-state index contributed by atoms with van der Waals surface area (Å²) in [6.07, 6.45) is 3.52. The number of benzene rings is 3. The van der Waals surface area contributed by atoms with Crippen molar-refractivity contribution in [1.29, 1.82) is 0 Å². The summed E-state index contributed by atoms with van der Waals surface area (Å²) in [6, 6.07) is 29.8. The average molecular weight is 471 g/mol. The fraction of sp³-hybridized carbons (Fsp3) is 0.179. The highest BCUT2D eigenvalue weighted by Gasteiger charge is 2.28. The van der Waals surface area contributed by atoms with Gasteiger partial charge in [0.25, 0.3) is 0 Å². The number of aromatic nitrogens is 1. The fourth-order valence-corrected chi connectivity index (χ4v) is 4.35. The minimum atomic E-state index is -1.02. The molecule has 0 amide bonds. The van der Waals surface area contributed by atoms with Gasteiger partial charge in [-0.3, -0.25) is 14.1 Å². The van der Waals surface area contributed by atoms with E-state index in [9.17, 15) is 4.21 Å². The van der Waals surface area contributed by atoms with Crippen LogP contribution in [0, 0.1) is 0 Å². The van der Waals surface area contributed by atoms with E-state index in [2.05, 4.69) is 22.0 Å². The second-order valence-corrected chi connectivity index (χ2v) is 9.73. The van der Waals surface area contributed by atoms with Crippen molar-refractivity contribution in [2.75, 3.05) is 19.3 Å². The Kier molecular flexibility index (Phi) is 6.70. The van der Waals surface area contributed by atoms with Crippen LogP contribution in [0.5, 0.6) is 17.2 Å². The first-order chi connectivity index (χ1) is 16.6. The van der Waals surface area contributed by atoms with Crippen LogP contribution in [0.3, 0.4) is 0 Å². The molecule has 34 heavy (non-hydrogen) atoms. The third-order valence-electron chi connectivity index (χ3n) is 5.75. The van der Waals surface area contributed by atoms with Crippen molar-refractivity contribution in [1.82, 2.24) is 9.88 Å². The molecule has 1 atom stereocenters. The van der Waals surface area contributed by atoms with Crippen LogP contribution >= 0.6 is 0 Å². The molecule has 5 nitrogen and oxygen atoms in total. The molecule has 1 aliphatic rings. The number of pyridine rings is 1. The van der Waals surface area contributed by atoms with Crippen molar-refractivity contribution in [3.63, 3.8) is 0 Å². The Morgan fingerprint density at radius 1 is 0.853 bits per heavy atom. The van der Waals surface area contributed by atoms with E-state index in [4.69, 9.17) is 9.47 Å². The molecular formula is C28H26N2O3S. The first-order valence-corrected chi connectivity index (χ1v) is 12.8. The highest BCUT2D eigenvalue weighted by molar-refractivity contribution is 7.84. The van der Waals surface area contributed by atoms with E-state index in [0.717, 1.165) is 53.0 Å². The Labute approximate surface area is 202 Å². The number of hydrogen-bond donors (Lipinski definition) is 0. The number of ether oxygens (including phenoxy) is 2. The molecule has 1 fully saturated rings. The van der Waals surface area contributed by atoms with Crippen molar-refractivity contribution >= 4 is 10.8 Å². The topological polar surface area (TPSA) is 51.7 Å². The molecule has 5 rings (SSSR count). The van der Waals surface area contributed by atoms with Gasteiger partial charge in [-0.1, -0.05) is 30.3 Å². The molecular weight excluding hydrogens is 444 g/mol. The molecule has 0 aliphatic carbocycles. The molecule has 0 radical (unpaired) electrons. The third kappa shape index (κ3) is 5.53. The number of rotatable bonds is 8. The SMILES string of the molecule is CS(=O)c1ccc(-c2ccc(OC3CN(Cc4ccc(Oc5ccccc5)cc4)C3)cc2)nc1. The molecule has 1 aliphatic heterocycles. The van der Waals surface area contributed by atoms with Crippen molar-refractivity contribution < 1.29 is 13.7 Å². The summed E-state index contributed by atoms with van der Waals surface area (Å²) < 4.78 is 23.5. The van der Waals surface area contributed by atoms with Gasteiger partial charge in [-0.15, -0.1) is 0 Å². The maximum atomic E-state index is 11.5. The molecule has 1 aromatic heterocycles. The number of para-hydroxylation sites is 1. The Morgan fingerprint density at radius 3 is 2.18 bits per heavy atom. The zero-order valence-electron chi connectivity index (χ0n) is 19.0. The van der Waals surface area contributed by atoms with Crippen LogP contribution in [-0.2, 0) is 17.3 Å². The maximum Gasteiger partial charge on any atom is 0.127 e. The van der Waals surface area contributed by atoms with Gasteiger partial charge in [-0.2, -0.15) is 0 Å². The quantitative estimate of drug-likeness (QED) is 0.338. The Hall–Kier alpha value is -3.48. The first-order valence-electron chi connectivity index (χ1n) is 11.2. The summed E-state index contributed by atoms with van der Waals surface area (Å²) in [5.41, 5.74) is 3.13. The lowest BCUT2D eigenvalue weighted by Gasteiger charge is -2.39. The Morgan fingerprint density at radius 2 is 1.53 bits per heavy atom. The predicted octanol–water partition coefficient (Wildman–Crippen LogP) is 5.54. The molecule has 1 saturated heterocycles. The molecule has 0 bridgehead atoms. The lowest BCUT2D eigenvalue weighted by Crippen LogP contribution is -2.53. The number of likely N-dealkylation sites (tertiary alicyclic amines) is 1. The van der Waals surface area contributed by atoms with E-state index >= 15 is 0 Å². The highest BCUT2D eigenvalue weighted by atomic mass is 32.2. The van der Waals surface area contributed by atoms with Gasteiger partial charge in [0.15, 0.2) is 0 Å². The molecule has 1 unspecified atom stereocenters. The van der Waals surface area contributed by atoms with Crippen LogP contribution in [-0.4, -0.2) is 39.5 Å². The number of hydrogen-bond acceptors (Lipinski definition) is 5. The van der Waals surface area contributed by atoms with E-state index in [1.165, 1.54) is 5.56 Å². The van der Waals surface area contributed by atoms with Crippen LogP contribution < -0.4 is 9.47 Å². The van der Waals surface area contributed by atoms with E-state index in [-0.39, 0.29) is 6.10 Å². The Bertz CT molecular complexity index is 1240. The minimum Gasteiger partial charge on any atom is -0.488 e. The maximum absolute atomic E-state index is 11.5. The van der Waals surface area contributed by atoms with Gasteiger partial charge in [0.2, 0.25) is 0 Å². The van der Waals surface area contributed by atoms with Crippen LogP contribution in [0.1, 0.15) is 5.56 Å². The average Bonchev–Trinajstić information content (AvgIpc) is 2.85. The summed E-state index contributed by atoms with van der Waals surface area (Å²) in [4.78, 5) is 7.52. The van der Waals surface area contributed by atoms with Gasteiger partial charge in [0.05, 0.1) is 21.4 Å². The largest absolute Gasteiger partial charge is 0.488 e. The minimum absolute atomic E-state index is 0.198. The van der Waals surface area contributed by atoms with Gasteiger partial charge in [0.1, 0.15) is 23.4 Å². The van der Waals surface area contributed by atoms with Gasteiger partial charge in [-0.05, 0) is 66.2 Å². The van der Waals surface area contributed by atoms with Crippen molar-refractivity contribution in [2.45, 2.75) is 17.5 Å². The van der Waals surface area contributed by atoms with Crippen LogP contribution in [0.25, 0.3) is 11.3 Å². The normalized spacial score (nSPS) is 14.9. The van der Waals surface area contributed by atoms with E-state index in [1.807, 2.05) is 78.9 Å². The van der Waals surface area contributed by atoms with Crippen LogP contribution in [0.2, 0.25) is 0 Å². The van der Waals surface area contributed by atoms with E-state index in [1.54, 1.807) is 12.5 Å². The van der Waals surface area contributed by atoms with Crippen molar-refractivity contribution in [2.24, 2.45) is 0 Å². The zero-order valence-corrected chi connectivity index (χ0v) is 19.8. The van der Waals surface area contributed by atoms with Gasteiger partial charge in [-0.25, -0.2) is 0 Å². The first kappa shape index (κ1) is 22.3. The third-order valence-corrected chi connectivity index (χ3v) is 6.66. The Balaban J connectivity index is 1.09. The summed E-state index contributed by atoms with van der Waals surface area (Å²) in [5, 5.41) is 0. The van der Waals surface area contributed by atoms with Gasteiger partial charge < -0.3 is 9.47 Å². The van der Waals surface area contributed by atoms with Crippen LogP contribution in [0.4, 0.5) is 0 Å². The molecule has 0 spiro atoms. The van der Waals surface area contributed by atoms with E-state index < -0.39 is 10.8 Å². The van der Waals surface area contributed by atoms with E-state index in [0.29, 0.717) is 0 Å². The summed E-state index contributed by atoms with van der Waals surface area (Å²) >= 11 is 0. The lowest BCUT2D eigenvalue weighted by atomic mass is 10.1. The predicted molar refractivity (Wildman–Crippen MR) is 135 cm³/mol. The fourth-order valence-electron chi connectivity index (χ4n) is 3.89. The summed E-state index contributed by atoms with van der Waals surface area (Å²) in [5.74, 6) is 2.55. The summed E-state index contributed by atoms with van der Waals surface area (Å²) in [6.45, 7) is 2.71. The smallest absolute Gasteiger partial charge is 0.127 e. The number of nitrogens with zero attached hydrogens (tertiary/aromatic N) is 2. The monoisotopic (exact) mass is 470 g/mol. The van der Waals surface area contributed by atoms with Gasteiger partial charge >= 0.3 is 0 Å². The second-order valence-electron chi connectivity index (χ2n) is 8.35. The molecule has 3 aromatic carbocycles. The lowest BCUT2D eigenvalue weighted by molar-refractivity contribution is 0.0146. The second kappa shape index (κ2) is 10.2. The standard InChI is InChI=1S/C28H26N2O3S/c1-34(31)27-15-16-28(29-17-27)22-9-13-25(14-10-22)33-26-19-30(20-26)18-21-7-11-24(12-8-21)32-23-5-3-2-4-6-23/h2-17,26H,18-20H2,1H3. The van der Waals surface area contributed by atoms with Gasteiger partial charge in [0, 0.05) is 37.7 Å². The highest BCUT2D eigenvalue weighted by Crippen LogP contribution is 2.25. The van der Waals surface area contributed by atoms with Crippen LogP contribution in [0.15, 0.2) is 102 Å². The molecule has 4 aromatic rings. The molecule has 0 saturated carbocycles. The molecule has 6 heteroatoms. The zero-order chi connectivity index (χ0) is 23.3. The van der Waals surface area contributed by atoms with Crippen molar-refractivity contribution in [3.8, 4) is 28.5 Å². The summed E-state index contributed by atoms with van der Waals surface area (Å²) in [7, 11) is -1.02. The van der Waals surface area contributed by atoms with Crippen molar-refractivity contribution in [3.05, 3.63) is 103 Å². The molecule has 2 heterocycles. The molecule has 0 N–H and O–H groups in total.